The van der Waals surface area contributed by atoms with Crippen molar-refractivity contribution in [2.24, 2.45) is 0 Å². The molecule has 1 fully saturated rings. The molecule has 4 nitrogen and oxygen atoms in total. The van der Waals surface area contributed by atoms with Crippen molar-refractivity contribution in [1.29, 1.82) is 0 Å². The van der Waals surface area contributed by atoms with Gasteiger partial charge < -0.3 is 14.7 Å². The van der Waals surface area contributed by atoms with Crippen molar-refractivity contribution in [2.45, 2.75) is 29.9 Å². The molecule has 2 unspecified atom stereocenters. The monoisotopic (exact) mass is 375 g/mol. The Labute approximate surface area is 157 Å². The number of carboxylic acid groups (broad SMARTS) is 1. The summed E-state index contributed by atoms with van der Waals surface area (Å²) < 4.78 is 19.3. The average Bonchev–Trinajstić information content (AvgIpc) is 2.67. The maximum atomic E-state index is 13.2. The van der Waals surface area contributed by atoms with Crippen LogP contribution in [0.25, 0.3) is 0 Å². The Morgan fingerprint density at radius 1 is 1.23 bits per heavy atom. The maximum absolute atomic E-state index is 13.2. The summed E-state index contributed by atoms with van der Waals surface area (Å²) in [5.74, 6) is -0.222. The molecule has 0 spiro atoms. The molecule has 1 aliphatic rings. The molecule has 0 aliphatic carbocycles. The first kappa shape index (κ1) is 18.7. The van der Waals surface area contributed by atoms with Gasteiger partial charge in [0.1, 0.15) is 5.82 Å². The van der Waals surface area contributed by atoms with Crippen molar-refractivity contribution < 1.29 is 19.0 Å². The first-order valence-electron chi connectivity index (χ1n) is 8.54. The molecule has 1 saturated heterocycles. The fourth-order valence-electron chi connectivity index (χ4n) is 3.28. The number of amides is 1. The lowest BCUT2D eigenvalue weighted by Gasteiger charge is -2.37. The maximum Gasteiger partial charge on any atom is 0.407 e. The molecule has 2 atom stereocenters. The third-order valence-electron chi connectivity index (χ3n) is 4.75. The standard InChI is InChI=1S/C20H22FNO3S/c1-26-17-8-2-14(3-9-17)13-25-19-12-22(20(23)24)11-10-18(19)15-4-6-16(21)7-5-15/h2-9,18-19H,10-13H2,1H3,(H,23,24). The Morgan fingerprint density at radius 3 is 2.54 bits per heavy atom. The molecule has 26 heavy (non-hydrogen) atoms. The summed E-state index contributed by atoms with van der Waals surface area (Å²) in [4.78, 5) is 13.9. The highest BCUT2D eigenvalue weighted by atomic mass is 32.2. The molecule has 138 valence electrons. The van der Waals surface area contributed by atoms with Crippen LogP contribution < -0.4 is 0 Å². The van der Waals surface area contributed by atoms with Crippen molar-refractivity contribution in [1.82, 2.24) is 4.90 Å². The molecular formula is C20H22FNO3S. The van der Waals surface area contributed by atoms with Crippen LogP contribution in [0.1, 0.15) is 23.5 Å². The van der Waals surface area contributed by atoms with Gasteiger partial charge in [-0.25, -0.2) is 9.18 Å². The molecule has 2 aromatic rings. The van der Waals surface area contributed by atoms with Gasteiger partial charge >= 0.3 is 6.09 Å². The quantitative estimate of drug-likeness (QED) is 0.776. The molecule has 2 aromatic carbocycles. The second-order valence-electron chi connectivity index (χ2n) is 6.37. The van der Waals surface area contributed by atoms with Crippen molar-refractivity contribution in [3.8, 4) is 0 Å². The van der Waals surface area contributed by atoms with E-state index < -0.39 is 6.09 Å². The van der Waals surface area contributed by atoms with E-state index in [1.807, 2.05) is 30.5 Å². The van der Waals surface area contributed by atoms with Gasteiger partial charge in [-0.05, 0) is 48.1 Å². The number of likely N-dealkylation sites (tertiary alicyclic amines) is 1. The largest absolute Gasteiger partial charge is 0.465 e. The Kier molecular flexibility index (Phi) is 6.16. The lowest BCUT2D eigenvalue weighted by molar-refractivity contribution is -0.0199. The molecule has 0 aromatic heterocycles. The predicted octanol–water partition coefficient (Wildman–Crippen LogP) is 4.60. The molecule has 0 bridgehead atoms. The average molecular weight is 375 g/mol. The number of hydrogen-bond acceptors (Lipinski definition) is 3. The van der Waals surface area contributed by atoms with E-state index in [-0.39, 0.29) is 17.8 Å². The SMILES string of the molecule is CSc1ccc(COC2CN(C(=O)O)CCC2c2ccc(F)cc2)cc1. The lowest BCUT2D eigenvalue weighted by atomic mass is 9.87. The zero-order valence-corrected chi connectivity index (χ0v) is 15.4. The number of halogens is 1. The molecule has 6 heteroatoms. The van der Waals surface area contributed by atoms with Gasteiger partial charge in [-0.15, -0.1) is 11.8 Å². The van der Waals surface area contributed by atoms with E-state index in [2.05, 4.69) is 0 Å². The summed E-state index contributed by atoms with van der Waals surface area (Å²) in [6.45, 7) is 1.20. The highest BCUT2D eigenvalue weighted by Crippen LogP contribution is 2.31. The van der Waals surface area contributed by atoms with Crippen LogP contribution in [-0.4, -0.2) is 41.5 Å². The van der Waals surface area contributed by atoms with Gasteiger partial charge in [-0.1, -0.05) is 24.3 Å². The Balaban J connectivity index is 1.72. The van der Waals surface area contributed by atoms with Crippen molar-refractivity contribution in [3.05, 3.63) is 65.5 Å². The minimum atomic E-state index is -0.930. The van der Waals surface area contributed by atoms with E-state index in [9.17, 15) is 14.3 Å². The fraction of sp³-hybridized carbons (Fsp3) is 0.350. The summed E-state index contributed by atoms with van der Waals surface area (Å²) in [5, 5.41) is 9.31. The van der Waals surface area contributed by atoms with Gasteiger partial charge in [0.05, 0.1) is 19.3 Å². The number of piperidine rings is 1. The van der Waals surface area contributed by atoms with Crippen molar-refractivity contribution in [2.75, 3.05) is 19.3 Å². The lowest BCUT2D eigenvalue weighted by Crippen LogP contribution is -2.46. The van der Waals surface area contributed by atoms with Crippen LogP contribution in [0, 0.1) is 5.82 Å². The minimum Gasteiger partial charge on any atom is -0.465 e. The van der Waals surface area contributed by atoms with Gasteiger partial charge in [0.2, 0.25) is 0 Å². The van der Waals surface area contributed by atoms with Crippen LogP contribution in [0.4, 0.5) is 9.18 Å². The van der Waals surface area contributed by atoms with Crippen molar-refractivity contribution >= 4 is 17.9 Å². The number of benzene rings is 2. The van der Waals surface area contributed by atoms with Crippen LogP contribution in [-0.2, 0) is 11.3 Å². The first-order valence-corrected chi connectivity index (χ1v) is 9.77. The van der Waals surface area contributed by atoms with Gasteiger partial charge in [0, 0.05) is 17.4 Å². The van der Waals surface area contributed by atoms with E-state index in [4.69, 9.17) is 4.74 Å². The van der Waals surface area contributed by atoms with Gasteiger partial charge in [0.15, 0.2) is 0 Å². The summed E-state index contributed by atoms with van der Waals surface area (Å²) in [6, 6.07) is 14.6. The van der Waals surface area contributed by atoms with Gasteiger partial charge in [-0.3, -0.25) is 0 Å². The van der Waals surface area contributed by atoms with E-state index in [1.165, 1.54) is 21.9 Å². The second kappa shape index (κ2) is 8.56. The second-order valence-corrected chi connectivity index (χ2v) is 7.25. The smallest absolute Gasteiger partial charge is 0.407 e. The Bertz CT molecular complexity index is 736. The van der Waals surface area contributed by atoms with Crippen LogP contribution in [0.3, 0.4) is 0 Å². The molecule has 3 rings (SSSR count). The zero-order valence-electron chi connectivity index (χ0n) is 14.6. The first-order chi connectivity index (χ1) is 12.6. The topological polar surface area (TPSA) is 49.8 Å². The predicted molar refractivity (Wildman–Crippen MR) is 100 cm³/mol. The van der Waals surface area contributed by atoms with E-state index in [0.717, 1.165) is 11.1 Å². The third kappa shape index (κ3) is 4.56. The van der Waals surface area contributed by atoms with Crippen LogP contribution in [0.2, 0.25) is 0 Å². The number of thioether (sulfide) groups is 1. The summed E-state index contributed by atoms with van der Waals surface area (Å²) in [5.41, 5.74) is 2.03. The highest BCUT2D eigenvalue weighted by molar-refractivity contribution is 7.98. The van der Waals surface area contributed by atoms with Gasteiger partial charge in [0.25, 0.3) is 0 Å². The summed E-state index contributed by atoms with van der Waals surface area (Å²) in [7, 11) is 0. The van der Waals surface area contributed by atoms with Crippen molar-refractivity contribution in [3.63, 3.8) is 0 Å². The van der Waals surface area contributed by atoms with E-state index in [1.54, 1.807) is 23.9 Å². The molecule has 1 amide bonds. The molecular weight excluding hydrogens is 353 g/mol. The number of hydrogen-bond donors (Lipinski definition) is 1. The Morgan fingerprint density at radius 2 is 1.92 bits per heavy atom. The summed E-state index contributed by atoms with van der Waals surface area (Å²) in [6.07, 6.45) is 1.50. The summed E-state index contributed by atoms with van der Waals surface area (Å²) >= 11 is 1.68. The molecule has 0 saturated carbocycles. The van der Waals surface area contributed by atoms with E-state index >= 15 is 0 Å². The minimum absolute atomic E-state index is 0.0525. The highest BCUT2D eigenvalue weighted by Gasteiger charge is 2.33. The molecule has 1 N–H and O–H groups in total. The van der Waals surface area contributed by atoms with Crippen LogP contribution in [0.5, 0.6) is 0 Å². The number of rotatable bonds is 5. The Hall–Kier alpha value is -2.05. The third-order valence-corrected chi connectivity index (χ3v) is 5.49. The fourth-order valence-corrected chi connectivity index (χ4v) is 3.68. The van der Waals surface area contributed by atoms with E-state index in [0.29, 0.717) is 26.1 Å². The number of nitrogens with zero attached hydrogens (tertiary/aromatic N) is 1. The van der Waals surface area contributed by atoms with Crippen LogP contribution >= 0.6 is 11.8 Å². The molecule has 1 aliphatic heterocycles. The number of carbonyl (C=O) groups is 1. The van der Waals surface area contributed by atoms with Crippen LogP contribution in [0.15, 0.2) is 53.4 Å². The van der Waals surface area contributed by atoms with Gasteiger partial charge in [-0.2, -0.15) is 0 Å². The normalized spacial score (nSPS) is 20.2. The molecule has 0 radical (unpaired) electrons. The molecule has 1 heterocycles. The zero-order chi connectivity index (χ0) is 18.5. The number of ether oxygens (including phenoxy) is 1.